The van der Waals surface area contributed by atoms with Gasteiger partial charge in [-0.15, -0.1) is 11.3 Å². The molecule has 184 valence electrons. The maximum atomic E-state index is 6.07. The summed E-state index contributed by atoms with van der Waals surface area (Å²) in [6, 6.07) is 13.3. The molecule has 2 fully saturated rings. The van der Waals surface area contributed by atoms with Crippen molar-refractivity contribution in [2.45, 2.75) is 57.4 Å². The number of benzene rings is 1. The van der Waals surface area contributed by atoms with Crippen LogP contribution in [0.1, 0.15) is 55.7 Å². The number of nitrogens with one attached hydrogen (secondary N) is 1. The van der Waals surface area contributed by atoms with Crippen molar-refractivity contribution >= 4 is 21.6 Å². The maximum absolute atomic E-state index is 6.07. The topological polar surface area (TPSA) is 44.0 Å². The first-order valence-electron chi connectivity index (χ1n) is 13.3. The first-order valence-corrected chi connectivity index (χ1v) is 14.2. The summed E-state index contributed by atoms with van der Waals surface area (Å²) >= 11 is 1.81. The van der Waals surface area contributed by atoms with Crippen LogP contribution in [-0.4, -0.2) is 33.8 Å². The molecule has 1 aromatic carbocycles. The van der Waals surface area contributed by atoms with Crippen molar-refractivity contribution in [3.05, 3.63) is 59.2 Å². The Labute approximate surface area is 212 Å². The summed E-state index contributed by atoms with van der Waals surface area (Å²) in [5.74, 6) is 3.46. The van der Waals surface area contributed by atoms with Crippen LogP contribution >= 0.6 is 11.3 Å². The van der Waals surface area contributed by atoms with Crippen LogP contribution in [0.2, 0.25) is 0 Å². The molecule has 6 heteroatoms. The lowest BCUT2D eigenvalue weighted by atomic mass is 9.83. The van der Waals surface area contributed by atoms with Crippen molar-refractivity contribution < 1.29 is 4.74 Å². The second-order valence-corrected chi connectivity index (χ2v) is 11.3. The molecule has 6 rings (SSSR count). The van der Waals surface area contributed by atoms with Crippen LogP contribution in [0, 0.1) is 5.92 Å². The second kappa shape index (κ2) is 10.2. The Bertz CT molecular complexity index is 1260. The Morgan fingerprint density at radius 3 is 2.66 bits per heavy atom. The Balaban J connectivity index is 1.10. The van der Waals surface area contributed by atoms with Crippen LogP contribution in [0.3, 0.4) is 0 Å². The predicted octanol–water partition coefficient (Wildman–Crippen LogP) is 6.38. The number of hydrogen-bond donors (Lipinski definition) is 1. The summed E-state index contributed by atoms with van der Waals surface area (Å²) in [5, 5.41) is 5.59. The minimum absolute atomic E-state index is 0.647. The normalized spacial score (nSPS) is 17.2. The van der Waals surface area contributed by atoms with Gasteiger partial charge in [-0.1, -0.05) is 18.6 Å². The highest BCUT2D eigenvalue weighted by atomic mass is 32.1. The summed E-state index contributed by atoms with van der Waals surface area (Å²) < 4.78 is 12.1. The monoisotopic (exact) mass is 488 g/mol. The van der Waals surface area contributed by atoms with E-state index in [2.05, 4.69) is 69.5 Å². The number of ether oxygens (including phenoxy) is 1. The zero-order chi connectivity index (χ0) is 23.6. The van der Waals surface area contributed by atoms with Gasteiger partial charge in [0.1, 0.15) is 5.75 Å². The molecule has 5 nitrogen and oxygen atoms in total. The number of aryl methyl sites for hydroxylation is 3. The van der Waals surface area contributed by atoms with Crippen LogP contribution < -0.4 is 10.1 Å². The highest BCUT2D eigenvalue weighted by molar-refractivity contribution is 7.17. The van der Waals surface area contributed by atoms with Gasteiger partial charge < -0.3 is 19.2 Å². The van der Waals surface area contributed by atoms with Crippen LogP contribution in [0.4, 0.5) is 0 Å². The van der Waals surface area contributed by atoms with Gasteiger partial charge in [-0.3, -0.25) is 0 Å². The third-order valence-corrected chi connectivity index (χ3v) is 8.80. The summed E-state index contributed by atoms with van der Waals surface area (Å²) in [6.07, 6.45) is 10.8. The quantitative estimate of drug-likeness (QED) is 0.297. The van der Waals surface area contributed by atoms with Crippen molar-refractivity contribution in [3.63, 3.8) is 0 Å². The third kappa shape index (κ3) is 4.91. The largest absolute Gasteiger partial charge is 0.493 e. The first-order chi connectivity index (χ1) is 17.2. The van der Waals surface area contributed by atoms with Crippen LogP contribution in [0.25, 0.3) is 21.7 Å². The maximum Gasteiger partial charge on any atom is 0.157 e. The predicted molar refractivity (Wildman–Crippen MR) is 144 cm³/mol. The number of fused-ring (bicyclic) bond motifs is 1. The van der Waals surface area contributed by atoms with E-state index in [9.17, 15) is 0 Å². The highest BCUT2D eigenvalue weighted by Gasteiger charge is 2.25. The Hall–Kier alpha value is -2.57. The second-order valence-electron chi connectivity index (χ2n) is 10.3. The molecule has 3 aromatic heterocycles. The summed E-state index contributed by atoms with van der Waals surface area (Å²) in [6.45, 7) is 4.07. The van der Waals surface area contributed by atoms with Crippen molar-refractivity contribution in [2.24, 2.45) is 13.0 Å². The molecule has 1 aliphatic heterocycles. The van der Waals surface area contributed by atoms with Gasteiger partial charge in [-0.05, 0) is 92.7 Å². The van der Waals surface area contributed by atoms with E-state index in [1.807, 2.05) is 11.3 Å². The van der Waals surface area contributed by atoms with Gasteiger partial charge in [0.05, 0.1) is 28.2 Å². The summed E-state index contributed by atoms with van der Waals surface area (Å²) in [4.78, 5) is 5.16. The van der Waals surface area contributed by atoms with E-state index in [0.29, 0.717) is 11.8 Å². The number of aromatic nitrogens is 3. The van der Waals surface area contributed by atoms with Gasteiger partial charge in [-0.2, -0.15) is 0 Å². The van der Waals surface area contributed by atoms with Gasteiger partial charge in [0.2, 0.25) is 0 Å². The highest BCUT2D eigenvalue weighted by Crippen LogP contribution is 2.38. The lowest BCUT2D eigenvalue weighted by Gasteiger charge is -2.22. The number of piperidine rings is 1. The van der Waals surface area contributed by atoms with Gasteiger partial charge in [0.25, 0.3) is 0 Å². The first kappa shape index (κ1) is 22.9. The molecule has 1 saturated carbocycles. The van der Waals surface area contributed by atoms with Crippen molar-refractivity contribution in [2.75, 3.05) is 19.7 Å². The molecule has 0 atom stereocenters. The lowest BCUT2D eigenvalue weighted by Crippen LogP contribution is -2.30. The van der Waals surface area contributed by atoms with E-state index >= 15 is 0 Å². The summed E-state index contributed by atoms with van der Waals surface area (Å²) in [7, 11) is 2.17. The smallest absolute Gasteiger partial charge is 0.157 e. The molecule has 0 bridgehead atoms. The van der Waals surface area contributed by atoms with E-state index in [1.54, 1.807) is 0 Å². The Morgan fingerprint density at radius 2 is 1.91 bits per heavy atom. The SMILES string of the molecule is Cn1c(-c2nc(C3CCC3)cn2CCCc2ccc(OCC3CCNCC3)cc2)cc2sccc21. The fourth-order valence-electron chi connectivity index (χ4n) is 5.44. The van der Waals surface area contributed by atoms with Crippen molar-refractivity contribution in [3.8, 4) is 17.3 Å². The third-order valence-electron chi connectivity index (χ3n) is 7.94. The van der Waals surface area contributed by atoms with Gasteiger partial charge in [-0.25, -0.2) is 4.98 Å². The number of imidazole rings is 1. The number of rotatable bonds is 9. The van der Waals surface area contributed by atoms with Gasteiger partial charge in [0, 0.05) is 25.7 Å². The van der Waals surface area contributed by atoms with Gasteiger partial charge in [0.15, 0.2) is 5.82 Å². The van der Waals surface area contributed by atoms with E-state index < -0.39 is 0 Å². The molecule has 1 saturated heterocycles. The Morgan fingerprint density at radius 1 is 1.09 bits per heavy atom. The molecular weight excluding hydrogens is 452 g/mol. The average Bonchev–Trinajstić information content (AvgIpc) is 3.55. The van der Waals surface area contributed by atoms with E-state index in [-0.39, 0.29) is 0 Å². The van der Waals surface area contributed by atoms with Gasteiger partial charge >= 0.3 is 0 Å². The minimum Gasteiger partial charge on any atom is -0.493 e. The minimum atomic E-state index is 0.647. The van der Waals surface area contributed by atoms with Crippen LogP contribution in [0.5, 0.6) is 5.75 Å². The fourth-order valence-corrected chi connectivity index (χ4v) is 6.29. The molecule has 0 amide bonds. The molecule has 2 aliphatic rings. The van der Waals surface area contributed by atoms with E-state index in [1.165, 1.54) is 59.3 Å². The summed E-state index contributed by atoms with van der Waals surface area (Å²) in [5.41, 5.74) is 5.19. The zero-order valence-corrected chi connectivity index (χ0v) is 21.5. The van der Waals surface area contributed by atoms with Crippen LogP contribution in [0.15, 0.2) is 48.0 Å². The average molecular weight is 489 g/mol. The number of nitrogens with zero attached hydrogens (tertiary/aromatic N) is 3. The molecule has 4 heterocycles. The molecule has 0 spiro atoms. The molecule has 35 heavy (non-hydrogen) atoms. The molecular formula is C29H36N4OS. The molecule has 0 radical (unpaired) electrons. The standard InChI is InChI=1S/C29H36N4OS/c1-32-26-13-17-35-28(26)18-27(32)29-31-25(23-5-2-6-23)19-33(29)16-3-4-21-7-9-24(10-8-21)34-20-22-11-14-30-15-12-22/h7-10,13,17-19,22-23,30H,2-6,11-12,14-16,20H2,1H3. The van der Waals surface area contributed by atoms with Crippen molar-refractivity contribution in [1.29, 1.82) is 0 Å². The number of thiophene rings is 1. The van der Waals surface area contributed by atoms with Crippen molar-refractivity contribution in [1.82, 2.24) is 19.4 Å². The zero-order valence-electron chi connectivity index (χ0n) is 20.7. The van der Waals surface area contributed by atoms with E-state index in [4.69, 9.17) is 9.72 Å². The van der Waals surface area contributed by atoms with Crippen LogP contribution in [-0.2, 0) is 20.0 Å². The Kier molecular flexibility index (Phi) is 6.66. The number of hydrogen-bond acceptors (Lipinski definition) is 4. The molecule has 0 unspecified atom stereocenters. The van der Waals surface area contributed by atoms with E-state index in [0.717, 1.165) is 50.7 Å². The lowest BCUT2D eigenvalue weighted by molar-refractivity contribution is 0.215. The molecule has 1 N–H and O–H groups in total. The molecule has 4 aromatic rings. The molecule has 1 aliphatic carbocycles. The fraction of sp³-hybridized carbons (Fsp3) is 0.483.